The van der Waals surface area contributed by atoms with E-state index >= 15 is 0 Å². The summed E-state index contributed by atoms with van der Waals surface area (Å²) in [5, 5.41) is 7.90. The third-order valence-corrected chi connectivity index (χ3v) is 4.38. The monoisotopic (exact) mass is 335 g/mol. The van der Waals surface area contributed by atoms with Crippen molar-refractivity contribution in [1.82, 2.24) is 15.1 Å². The van der Waals surface area contributed by atoms with E-state index in [0.29, 0.717) is 6.04 Å². The van der Waals surface area contributed by atoms with Gasteiger partial charge in [0.25, 0.3) is 0 Å². The van der Waals surface area contributed by atoms with Crippen LogP contribution < -0.4 is 10.1 Å². The first-order chi connectivity index (χ1) is 9.65. The molecule has 106 valence electrons. The van der Waals surface area contributed by atoms with Crippen molar-refractivity contribution >= 4 is 15.9 Å². The zero-order valence-corrected chi connectivity index (χ0v) is 13.3. The van der Waals surface area contributed by atoms with Crippen LogP contribution in [0.1, 0.15) is 29.3 Å². The smallest absolute Gasteiger partial charge is 0.124 e. The van der Waals surface area contributed by atoms with Crippen molar-refractivity contribution in [2.75, 3.05) is 6.61 Å². The summed E-state index contributed by atoms with van der Waals surface area (Å²) in [6, 6.07) is 6.52. The number of nitrogens with zero attached hydrogens (tertiary/aromatic N) is 2. The second kappa shape index (κ2) is 5.58. The SMILES string of the molecule is Cc1c(CNC2CCOc3ccc(Br)cc32)cnn1C. The van der Waals surface area contributed by atoms with Gasteiger partial charge < -0.3 is 10.1 Å². The molecule has 0 saturated heterocycles. The van der Waals surface area contributed by atoms with Gasteiger partial charge in [-0.2, -0.15) is 5.10 Å². The van der Waals surface area contributed by atoms with Gasteiger partial charge in [-0.15, -0.1) is 0 Å². The first kappa shape index (κ1) is 13.6. The number of ether oxygens (including phenoxy) is 1. The summed E-state index contributed by atoms with van der Waals surface area (Å²) in [6.45, 7) is 3.69. The van der Waals surface area contributed by atoms with E-state index in [4.69, 9.17) is 4.74 Å². The highest BCUT2D eigenvalue weighted by molar-refractivity contribution is 9.10. The minimum absolute atomic E-state index is 0.329. The highest BCUT2D eigenvalue weighted by Crippen LogP contribution is 2.34. The summed E-state index contributed by atoms with van der Waals surface area (Å²) in [7, 11) is 1.97. The number of fused-ring (bicyclic) bond motifs is 1. The standard InChI is InChI=1S/C15H18BrN3O/c1-10-11(9-18-19(10)2)8-17-14-5-6-20-15-4-3-12(16)7-13(14)15/h3-4,7,9,14,17H,5-6,8H2,1-2H3. The van der Waals surface area contributed by atoms with Crippen LogP contribution in [0.3, 0.4) is 0 Å². The maximum Gasteiger partial charge on any atom is 0.124 e. The molecule has 0 amide bonds. The zero-order valence-electron chi connectivity index (χ0n) is 11.7. The molecule has 1 aliphatic heterocycles. The number of hydrogen-bond acceptors (Lipinski definition) is 3. The molecule has 0 bridgehead atoms. The predicted octanol–water partition coefficient (Wildman–Crippen LogP) is 3.10. The van der Waals surface area contributed by atoms with Crippen molar-refractivity contribution in [2.24, 2.45) is 7.05 Å². The van der Waals surface area contributed by atoms with Crippen LogP contribution in [0.4, 0.5) is 0 Å². The molecule has 1 aromatic heterocycles. The van der Waals surface area contributed by atoms with E-state index in [0.717, 1.165) is 29.8 Å². The Kier molecular flexibility index (Phi) is 3.81. The van der Waals surface area contributed by atoms with Crippen molar-refractivity contribution in [1.29, 1.82) is 0 Å². The molecule has 1 aromatic carbocycles. The van der Waals surface area contributed by atoms with Crippen LogP contribution >= 0.6 is 15.9 Å². The van der Waals surface area contributed by atoms with Gasteiger partial charge in [0.2, 0.25) is 0 Å². The molecule has 0 aliphatic carbocycles. The third-order valence-electron chi connectivity index (χ3n) is 3.89. The molecule has 0 saturated carbocycles. The lowest BCUT2D eigenvalue weighted by Crippen LogP contribution is -2.27. The van der Waals surface area contributed by atoms with Crippen molar-refractivity contribution in [3.8, 4) is 5.75 Å². The van der Waals surface area contributed by atoms with Gasteiger partial charge in [0.1, 0.15) is 5.75 Å². The first-order valence-electron chi connectivity index (χ1n) is 6.78. The lowest BCUT2D eigenvalue weighted by atomic mass is 10.0. The van der Waals surface area contributed by atoms with E-state index in [2.05, 4.69) is 39.3 Å². The molecule has 20 heavy (non-hydrogen) atoms. The van der Waals surface area contributed by atoms with Crippen molar-refractivity contribution in [3.05, 3.63) is 45.7 Å². The van der Waals surface area contributed by atoms with E-state index in [1.807, 2.05) is 30.1 Å². The lowest BCUT2D eigenvalue weighted by Gasteiger charge is -2.27. The Morgan fingerprint density at radius 1 is 1.50 bits per heavy atom. The molecule has 0 spiro atoms. The number of hydrogen-bond donors (Lipinski definition) is 1. The molecule has 4 nitrogen and oxygen atoms in total. The van der Waals surface area contributed by atoms with Crippen LogP contribution in [0.5, 0.6) is 5.75 Å². The van der Waals surface area contributed by atoms with E-state index < -0.39 is 0 Å². The quantitative estimate of drug-likeness (QED) is 0.936. The number of rotatable bonds is 3. The summed E-state index contributed by atoms with van der Waals surface area (Å²) in [5.74, 6) is 0.986. The molecular weight excluding hydrogens is 318 g/mol. The zero-order chi connectivity index (χ0) is 14.1. The maximum atomic E-state index is 5.71. The van der Waals surface area contributed by atoms with Crippen molar-refractivity contribution in [2.45, 2.75) is 25.9 Å². The average molecular weight is 336 g/mol. The number of aromatic nitrogens is 2. The van der Waals surface area contributed by atoms with Crippen LogP contribution in [-0.2, 0) is 13.6 Å². The van der Waals surface area contributed by atoms with Gasteiger partial charge in [0.15, 0.2) is 0 Å². The minimum Gasteiger partial charge on any atom is -0.493 e. The fraction of sp³-hybridized carbons (Fsp3) is 0.400. The summed E-state index contributed by atoms with van der Waals surface area (Å²) < 4.78 is 8.71. The molecular formula is C15H18BrN3O. The van der Waals surface area contributed by atoms with Gasteiger partial charge in [0.05, 0.1) is 12.8 Å². The fourth-order valence-electron chi connectivity index (χ4n) is 2.53. The highest BCUT2D eigenvalue weighted by atomic mass is 79.9. The van der Waals surface area contributed by atoms with E-state index in [1.165, 1.54) is 16.8 Å². The molecule has 0 radical (unpaired) electrons. The maximum absolute atomic E-state index is 5.71. The van der Waals surface area contributed by atoms with Crippen LogP contribution in [0.25, 0.3) is 0 Å². The Labute approximate surface area is 127 Å². The summed E-state index contributed by atoms with van der Waals surface area (Å²) in [6.07, 6.45) is 2.92. The molecule has 2 aromatic rings. The van der Waals surface area contributed by atoms with Gasteiger partial charge >= 0.3 is 0 Å². The van der Waals surface area contributed by atoms with Gasteiger partial charge in [-0.25, -0.2) is 0 Å². The van der Waals surface area contributed by atoms with Gasteiger partial charge in [-0.3, -0.25) is 4.68 Å². The Morgan fingerprint density at radius 3 is 3.10 bits per heavy atom. The lowest BCUT2D eigenvalue weighted by molar-refractivity contribution is 0.252. The van der Waals surface area contributed by atoms with E-state index in [9.17, 15) is 0 Å². The Bertz CT molecular complexity index is 624. The molecule has 3 rings (SSSR count). The Hall–Kier alpha value is -1.33. The second-order valence-corrected chi connectivity index (χ2v) is 6.05. The Balaban J connectivity index is 1.76. The minimum atomic E-state index is 0.329. The molecule has 5 heteroatoms. The fourth-order valence-corrected chi connectivity index (χ4v) is 2.91. The molecule has 0 fully saturated rings. The third kappa shape index (κ3) is 2.60. The normalized spacial score (nSPS) is 17.6. The molecule has 1 atom stereocenters. The Morgan fingerprint density at radius 2 is 2.35 bits per heavy atom. The van der Waals surface area contributed by atoms with Gasteiger partial charge in [-0.1, -0.05) is 15.9 Å². The number of nitrogens with one attached hydrogen (secondary N) is 1. The molecule has 1 unspecified atom stereocenters. The number of halogens is 1. The van der Waals surface area contributed by atoms with Crippen LogP contribution in [0.2, 0.25) is 0 Å². The van der Waals surface area contributed by atoms with E-state index in [-0.39, 0.29) is 0 Å². The average Bonchev–Trinajstić information content (AvgIpc) is 2.76. The van der Waals surface area contributed by atoms with Gasteiger partial charge in [0, 0.05) is 47.3 Å². The van der Waals surface area contributed by atoms with Gasteiger partial charge in [-0.05, 0) is 25.1 Å². The topological polar surface area (TPSA) is 39.1 Å². The second-order valence-electron chi connectivity index (χ2n) is 5.13. The number of aryl methyl sites for hydroxylation is 1. The van der Waals surface area contributed by atoms with E-state index in [1.54, 1.807) is 0 Å². The van der Waals surface area contributed by atoms with Crippen molar-refractivity contribution in [3.63, 3.8) is 0 Å². The summed E-state index contributed by atoms with van der Waals surface area (Å²) in [4.78, 5) is 0. The molecule has 2 heterocycles. The summed E-state index contributed by atoms with van der Waals surface area (Å²) in [5.41, 5.74) is 3.68. The molecule has 1 N–H and O–H groups in total. The first-order valence-corrected chi connectivity index (χ1v) is 7.57. The van der Waals surface area contributed by atoms with Crippen molar-refractivity contribution < 1.29 is 4.74 Å². The van der Waals surface area contributed by atoms with Crippen LogP contribution in [0, 0.1) is 6.92 Å². The largest absolute Gasteiger partial charge is 0.493 e. The van der Waals surface area contributed by atoms with Crippen LogP contribution in [0.15, 0.2) is 28.9 Å². The molecule has 1 aliphatic rings. The van der Waals surface area contributed by atoms with Crippen LogP contribution in [-0.4, -0.2) is 16.4 Å². The number of benzene rings is 1. The highest BCUT2D eigenvalue weighted by Gasteiger charge is 2.21. The summed E-state index contributed by atoms with van der Waals surface area (Å²) >= 11 is 3.53. The predicted molar refractivity (Wildman–Crippen MR) is 81.8 cm³/mol.